The second-order valence-corrected chi connectivity index (χ2v) is 4.37. The average molecular weight is 313 g/mol. The van der Waals surface area contributed by atoms with Crippen LogP contribution in [0.2, 0.25) is 0 Å². The minimum Gasteiger partial charge on any atom is -0.480 e. The van der Waals surface area contributed by atoms with Crippen LogP contribution in [0, 0.1) is 0 Å². The number of hydrogen-bond donors (Lipinski definition) is 2. The molecule has 7 nitrogen and oxygen atoms in total. The molecule has 0 unspecified atom stereocenters. The topological polar surface area (TPSA) is 90.9 Å². The van der Waals surface area contributed by atoms with Crippen molar-refractivity contribution in [3.05, 3.63) is 23.1 Å². The molecule has 0 amide bonds. The number of nitrogens with one attached hydrogen (secondary N) is 1. The van der Waals surface area contributed by atoms with Gasteiger partial charge in [-0.15, -0.1) is 0 Å². The molecule has 0 aliphatic carbocycles. The normalized spacial score (nSPS) is 10.3. The lowest BCUT2D eigenvalue weighted by Gasteiger charge is -2.07. The number of anilines is 2. The molecule has 2 aromatic rings. The fourth-order valence-electron chi connectivity index (χ4n) is 1.36. The van der Waals surface area contributed by atoms with E-state index >= 15 is 0 Å². The monoisotopic (exact) mass is 312 g/mol. The number of ether oxygens (including phenoxy) is 1. The van der Waals surface area contributed by atoms with Gasteiger partial charge in [-0.2, -0.15) is 10.1 Å². The van der Waals surface area contributed by atoms with Gasteiger partial charge in [0.05, 0.1) is 36.2 Å². The maximum absolute atomic E-state index is 5.57. The van der Waals surface area contributed by atoms with Crippen LogP contribution < -0.4 is 15.8 Å². The van der Waals surface area contributed by atoms with E-state index in [0.29, 0.717) is 30.6 Å². The first-order valence-electron chi connectivity index (χ1n) is 5.27. The Hall–Kier alpha value is -1.83. The molecule has 0 aliphatic heterocycles. The Bertz CT molecular complexity index is 529. The third-order valence-corrected chi connectivity index (χ3v) is 2.73. The molecule has 0 radical (unpaired) electrons. The molecular formula is C10H13BrN6O. The quantitative estimate of drug-likeness (QED) is 0.860. The maximum Gasteiger partial charge on any atom is 0.232 e. The van der Waals surface area contributed by atoms with Gasteiger partial charge in [0.2, 0.25) is 11.8 Å². The van der Waals surface area contributed by atoms with E-state index < -0.39 is 0 Å². The van der Waals surface area contributed by atoms with Gasteiger partial charge in [-0.1, -0.05) is 0 Å². The fraction of sp³-hybridized carbons (Fsp3) is 0.300. The maximum atomic E-state index is 5.57. The van der Waals surface area contributed by atoms with E-state index in [4.69, 9.17) is 10.5 Å². The summed E-state index contributed by atoms with van der Waals surface area (Å²) in [5.74, 6) is 1.01. The van der Waals surface area contributed by atoms with Gasteiger partial charge in [0.1, 0.15) is 0 Å². The van der Waals surface area contributed by atoms with Crippen LogP contribution in [-0.4, -0.2) is 33.4 Å². The summed E-state index contributed by atoms with van der Waals surface area (Å²) in [5.41, 5.74) is 6.22. The molecule has 0 bridgehead atoms. The molecule has 2 heterocycles. The van der Waals surface area contributed by atoms with E-state index in [-0.39, 0.29) is 0 Å². The van der Waals surface area contributed by atoms with E-state index in [9.17, 15) is 0 Å². The Morgan fingerprint density at radius 3 is 3.00 bits per heavy atom. The van der Waals surface area contributed by atoms with Crippen molar-refractivity contribution in [1.82, 2.24) is 19.7 Å². The molecule has 0 aliphatic rings. The van der Waals surface area contributed by atoms with Crippen molar-refractivity contribution in [2.24, 2.45) is 0 Å². The van der Waals surface area contributed by atoms with Gasteiger partial charge in [-0.25, -0.2) is 4.98 Å². The Morgan fingerprint density at radius 2 is 2.33 bits per heavy atom. The van der Waals surface area contributed by atoms with Crippen LogP contribution in [0.3, 0.4) is 0 Å². The van der Waals surface area contributed by atoms with E-state index in [1.54, 1.807) is 30.4 Å². The summed E-state index contributed by atoms with van der Waals surface area (Å²) in [6, 6.07) is 0. The second-order valence-electron chi connectivity index (χ2n) is 3.51. The van der Waals surface area contributed by atoms with Crippen molar-refractivity contribution in [3.63, 3.8) is 0 Å². The molecule has 0 atom stereocenters. The molecule has 0 spiro atoms. The van der Waals surface area contributed by atoms with Gasteiger partial charge in [0.15, 0.2) is 0 Å². The zero-order valence-corrected chi connectivity index (χ0v) is 11.4. The lowest BCUT2D eigenvalue weighted by atomic mass is 10.6. The molecule has 0 saturated carbocycles. The molecule has 2 rings (SSSR count). The van der Waals surface area contributed by atoms with Crippen LogP contribution in [0.25, 0.3) is 0 Å². The highest BCUT2D eigenvalue weighted by Crippen LogP contribution is 2.21. The smallest absolute Gasteiger partial charge is 0.232 e. The molecule has 96 valence electrons. The fourth-order valence-corrected chi connectivity index (χ4v) is 1.72. The largest absolute Gasteiger partial charge is 0.480 e. The number of rotatable bonds is 5. The SMILES string of the molecule is COc1nc(NCCn2cc(N)cn2)ncc1Br. The van der Waals surface area contributed by atoms with E-state index in [0.717, 1.165) is 4.47 Å². The third kappa shape index (κ3) is 3.10. The first-order valence-corrected chi connectivity index (χ1v) is 6.06. The lowest BCUT2D eigenvalue weighted by Crippen LogP contribution is -2.12. The number of hydrogen-bond acceptors (Lipinski definition) is 6. The minimum absolute atomic E-state index is 0.496. The molecule has 2 aromatic heterocycles. The van der Waals surface area contributed by atoms with Crippen molar-refractivity contribution in [3.8, 4) is 5.88 Å². The molecule has 0 aromatic carbocycles. The summed E-state index contributed by atoms with van der Waals surface area (Å²) in [6.45, 7) is 1.32. The predicted octanol–water partition coefficient (Wildman–Crippen LogP) is 1.14. The highest BCUT2D eigenvalue weighted by molar-refractivity contribution is 9.10. The Kier molecular flexibility index (Phi) is 3.98. The molecule has 8 heteroatoms. The van der Waals surface area contributed by atoms with Gasteiger partial charge < -0.3 is 15.8 Å². The zero-order chi connectivity index (χ0) is 13.0. The molecule has 3 N–H and O–H groups in total. The summed E-state index contributed by atoms with van der Waals surface area (Å²) in [7, 11) is 1.56. The molecule has 0 saturated heterocycles. The Balaban J connectivity index is 1.90. The van der Waals surface area contributed by atoms with Gasteiger partial charge in [0, 0.05) is 12.7 Å². The number of nitrogens with zero attached hydrogens (tertiary/aromatic N) is 4. The lowest BCUT2D eigenvalue weighted by molar-refractivity contribution is 0.394. The highest BCUT2D eigenvalue weighted by atomic mass is 79.9. The summed E-state index contributed by atoms with van der Waals surface area (Å²) in [6.07, 6.45) is 5.02. The van der Waals surface area contributed by atoms with Crippen LogP contribution in [-0.2, 0) is 6.54 Å². The standard InChI is InChI=1S/C10H13BrN6O/c1-18-9-8(11)5-14-10(16-9)13-2-3-17-6-7(12)4-15-17/h4-6H,2-3,12H2,1H3,(H,13,14,16). The van der Waals surface area contributed by atoms with Crippen LogP contribution in [0.5, 0.6) is 5.88 Å². The summed E-state index contributed by atoms with van der Waals surface area (Å²) in [4.78, 5) is 8.30. The first kappa shape index (κ1) is 12.6. The van der Waals surface area contributed by atoms with E-state index in [1.165, 1.54) is 0 Å². The van der Waals surface area contributed by atoms with E-state index in [1.807, 2.05) is 0 Å². The molecule has 18 heavy (non-hydrogen) atoms. The Labute approximate surface area is 113 Å². The van der Waals surface area contributed by atoms with Gasteiger partial charge in [-0.3, -0.25) is 4.68 Å². The number of nitrogen functional groups attached to an aromatic ring is 1. The van der Waals surface area contributed by atoms with Gasteiger partial charge >= 0.3 is 0 Å². The molecule has 0 fully saturated rings. The second kappa shape index (κ2) is 5.67. The minimum atomic E-state index is 0.496. The van der Waals surface area contributed by atoms with Crippen LogP contribution >= 0.6 is 15.9 Å². The Morgan fingerprint density at radius 1 is 1.50 bits per heavy atom. The van der Waals surface area contributed by atoms with Crippen molar-refractivity contribution in [1.29, 1.82) is 0 Å². The van der Waals surface area contributed by atoms with Crippen LogP contribution in [0.1, 0.15) is 0 Å². The summed E-state index contributed by atoms with van der Waals surface area (Å²) >= 11 is 3.29. The number of halogens is 1. The first-order chi connectivity index (χ1) is 8.69. The van der Waals surface area contributed by atoms with Crippen LogP contribution in [0.4, 0.5) is 11.6 Å². The van der Waals surface area contributed by atoms with Crippen molar-refractivity contribution >= 4 is 27.6 Å². The summed E-state index contributed by atoms with van der Waals surface area (Å²) < 4.78 is 7.55. The van der Waals surface area contributed by atoms with Crippen molar-refractivity contribution in [2.45, 2.75) is 6.54 Å². The van der Waals surface area contributed by atoms with Gasteiger partial charge in [0.25, 0.3) is 0 Å². The zero-order valence-electron chi connectivity index (χ0n) is 9.80. The van der Waals surface area contributed by atoms with Gasteiger partial charge in [-0.05, 0) is 15.9 Å². The summed E-state index contributed by atoms with van der Waals surface area (Å²) in [5, 5.41) is 7.15. The predicted molar refractivity (Wildman–Crippen MR) is 71.4 cm³/mol. The molecular weight excluding hydrogens is 300 g/mol. The third-order valence-electron chi connectivity index (χ3n) is 2.18. The average Bonchev–Trinajstić information content (AvgIpc) is 2.77. The number of methoxy groups -OCH3 is 1. The van der Waals surface area contributed by atoms with Crippen molar-refractivity contribution in [2.75, 3.05) is 24.7 Å². The van der Waals surface area contributed by atoms with Crippen LogP contribution in [0.15, 0.2) is 23.1 Å². The number of nitrogens with two attached hydrogens (primary N) is 1. The highest BCUT2D eigenvalue weighted by Gasteiger charge is 2.04. The van der Waals surface area contributed by atoms with E-state index in [2.05, 4.69) is 36.3 Å². The number of aromatic nitrogens is 4. The van der Waals surface area contributed by atoms with Crippen molar-refractivity contribution < 1.29 is 4.74 Å².